The monoisotopic (exact) mass is 417 g/mol. The fourth-order valence-corrected chi connectivity index (χ4v) is 3.76. The molecule has 1 heterocycles. The molecule has 0 spiro atoms. The zero-order valence-electron chi connectivity index (χ0n) is 17.5. The van der Waals surface area contributed by atoms with Gasteiger partial charge in [0.15, 0.2) is 0 Å². The second-order valence-corrected chi connectivity index (χ2v) is 7.42. The van der Waals surface area contributed by atoms with Crippen molar-refractivity contribution in [1.82, 2.24) is 5.32 Å². The number of halogens is 1. The van der Waals surface area contributed by atoms with Crippen LogP contribution in [0.15, 0.2) is 82.0 Å². The maximum atomic E-state index is 14.0. The molecule has 1 atom stereocenters. The lowest BCUT2D eigenvalue weighted by Crippen LogP contribution is -2.23. The number of hydrogen-bond donors (Lipinski definition) is 1. The third kappa shape index (κ3) is 4.67. The highest BCUT2D eigenvalue weighted by Crippen LogP contribution is 2.26. The van der Waals surface area contributed by atoms with Crippen molar-refractivity contribution in [1.29, 1.82) is 0 Å². The molecule has 4 nitrogen and oxygen atoms in total. The lowest BCUT2D eigenvalue weighted by molar-refractivity contribution is 0.414. The molecule has 31 heavy (non-hydrogen) atoms. The molecule has 0 radical (unpaired) electrons. The van der Waals surface area contributed by atoms with Crippen molar-refractivity contribution in [3.05, 3.63) is 111 Å². The Morgan fingerprint density at radius 1 is 1.00 bits per heavy atom. The molecular weight excluding hydrogens is 393 g/mol. The molecule has 158 valence electrons. The van der Waals surface area contributed by atoms with Crippen LogP contribution in [0.3, 0.4) is 0 Å². The van der Waals surface area contributed by atoms with Crippen LogP contribution in [-0.4, -0.2) is 7.11 Å². The normalized spacial score (nSPS) is 12.1. The molecule has 0 aliphatic rings. The van der Waals surface area contributed by atoms with E-state index in [1.54, 1.807) is 19.2 Å². The molecule has 0 saturated heterocycles. The third-order valence-electron chi connectivity index (χ3n) is 5.44. The van der Waals surface area contributed by atoms with Crippen LogP contribution < -0.4 is 15.7 Å². The Bertz CT molecular complexity index is 1250. The number of benzene rings is 3. The quantitative estimate of drug-likeness (QED) is 0.410. The van der Waals surface area contributed by atoms with Crippen molar-refractivity contribution in [3.8, 4) is 5.75 Å². The van der Waals surface area contributed by atoms with Gasteiger partial charge in [0.25, 0.3) is 0 Å². The smallest absolute Gasteiger partial charge is 0.336 e. The van der Waals surface area contributed by atoms with Gasteiger partial charge in [0.2, 0.25) is 0 Å². The fraction of sp³-hybridized carbons (Fsp3) is 0.192. The van der Waals surface area contributed by atoms with E-state index < -0.39 is 5.63 Å². The van der Waals surface area contributed by atoms with Crippen molar-refractivity contribution < 1.29 is 13.5 Å². The summed E-state index contributed by atoms with van der Waals surface area (Å²) in [5, 5.41) is 4.33. The maximum absolute atomic E-state index is 14.0. The molecule has 4 rings (SSSR count). The molecule has 0 fully saturated rings. The van der Waals surface area contributed by atoms with Gasteiger partial charge in [0.05, 0.1) is 13.2 Å². The van der Waals surface area contributed by atoms with Gasteiger partial charge in [-0.25, -0.2) is 9.18 Å². The third-order valence-corrected chi connectivity index (χ3v) is 5.44. The Morgan fingerprint density at radius 3 is 2.52 bits per heavy atom. The van der Waals surface area contributed by atoms with Gasteiger partial charge >= 0.3 is 5.63 Å². The summed E-state index contributed by atoms with van der Waals surface area (Å²) in [5.41, 5.74) is 3.93. The first-order valence-corrected chi connectivity index (χ1v) is 10.3. The molecule has 1 aromatic heterocycles. The van der Waals surface area contributed by atoms with Crippen LogP contribution >= 0.6 is 0 Å². The molecule has 4 aromatic rings. The zero-order chi connectivity index (χ0) is 21.8. The van der Waals surface area contributed by atoms with Crippen molar-refractivity contribution >= 4 is 11.0 Å². The zero-order valence-corrected chi connectivity index (χ0v) is 17.5. The largest absolute Gasteiger partial charge is 0.497 e. The Labute approximate surface area is 180 Å². The number of hydrogen-bond acceptors (Lipinski definition) is 4. The molecule has 0 bridgehead atoms. The Balaban J connectivity index is 1.70. The highest BCUT2D eigenvalue weighted by molar-refractivity contribution is 5.81. The molecule has 0 aliphatic carbocycles. The van der Waals surface area contributed by atoms with E-state index in [-0.39, 0.29) is 11.9 Å². The van der Waals surface area contributed by atoms with Crippen molar-refractivity contribution in [2.45, 2.75) is 25.9 Å². The van der Waals surface area contributed by atoms with E-state index in [1.165, 1.54) is 23.8 Å². The van der Waals surface area contributed by atoms with Crippen molar-refractivity contribution in [3.63, 3.8) is 0 Å². The van der Waals surface area contributed by atoms with Crippen LogP contribution in [0.4, 0.5) is 4.39 Å². The van der Waals surface area contributed by atoms with E-state index >= 15 is 0 Å². The van der Waals surface area contributed by atoms with Crippen LogP contribution in [0.5, 0.6) is 5.75 Å². The van der Waals surface area contributed by atoms with Gasteiger partial charge in [-0.2, -0.15) is 0 Å². The number of nitrogens with one attached hydrogen (secondary N) is 1. The molecule has 0 saturated carbocycles. The summed E-state index contributed by atoms with van der Waals surface area (Å²) in [4.78, 5) is 12.1. The Morgan fingerprint density at radius 2 is 1.81 bits per heavy atom. The van der Waals surface area contributed by atoms with Gasteiger partial charge < -0.3 is 14.5 Å². The van der Waals surface area contributed by atoms with Crippen LogP contribution in [0.25, 0.3) is 11.0 Å². The highest BCUT2D eigenvalue weighted by Gasteiger charge is 2.16. The number of rotatable bonds is 7. The second-order valence-electron chi connectivity index (χ2n) is 7.42. The van der Waals surface area contributed by atoms with Gasteiger partial charge in [-0.1, -0.05) is 43.3 Å². The minimum atomic E-state index is -0.424. The van der Waals surface area contributed by atoms with Crippen LogP contribution in [0.2, 0.25) is 0 Å². The average Bonchev–Trinajstić information content (AvgIpc) is 2.79. The van der Waals surface area contributed by atoms with Gasteiger partial charge in [-0.3, -0.25) is 0 Å². The van der Waals surface area contributed by atoms with E-state index in [2.05, 4.69) is 36.5 Å². The number of ether oxygens (including phenoxy) is 1. The van der Waals surface area contributed by atoms with E-state index in [1.807, 2.05) is 18.2 Å². The van der Waals surface area contributed by atoms with Crippen LogP contribution in [0.1, 0.15) is 35.2 Å². The number of fused-ring (bicyclic) bond motifs is 1. The summed E-state index contributed by atoms with van der Waals surface area (Å²) in [5.74, 6) is 0.335. The topological polar surface area (TPSA) is 51.5 Å². The summed E-state index contributed by atoms with van der Waals surface area (Å²) in [7, 11) is 1.57. The predicted molar refractivity (Wildman–Crippen MR) is 120 cm³/mol. The van der Waals surface area contributed by atoms with E-state index in [0.29, 0.717) is 17.9 Å². The molecule has 3 aromatic carbocycles. The molecule has 0 unspecified atom stereocenters. The Kier molecular flexibility index (Phi) is 6.14. The average molecular weight is 417 g/mol. The first kappa shape index (κ1) is 20.8. The minimum absolute atomic E-state index is 0.234. The first-order chi connectivity index (χ1) is 15.1. The molecule has 0 amide bonds. The lowest BCUT2D eigenvalue weighted by Gasteiger charge is -2.21. The fourth-order valence-electron chi connectivity index (χ4n) is 3.76. The molecular formula is C26H24FNO3. The first-order valence-electron chi connectivity index (χ1n) is 10.3. The summed E-state index contributed by atoms with van der Waals surface area (Å²) in [6.45, 7) is 2.52. The predicted octanol–water partition coefficient (Wildman–Crippen LogP) is 5.38. The van der Waals surface area contributed by atoms with E-state index in [4.69, 9.17) is 9.15 Å². The van der Waals surface area contributed by atoms with Gasteiger partial charge in [0.1, 0.15) is 17.1 Å². The highest BCUT2D eigenvalue weighted by atomic mass is 19.1. The summed E-state index contributed by atoms with van der Waals surface area (Å²) in [6.07, 6.45) is 0.952. The molecule has 1 N–H and O–H groups in total. The number of aryl methyl sites for hydroxylation is 1. The molecule has 5 heteroatoms. The summed E-state index contributed by atoms with van der Waals surface area (Å²) >= 11 is 0. The van der Waals surface area contributed by atoms with Crippen LogP contribution in [-0.2, 0) is 13.0 Å². The SMILES string of the molecule is CCc1ccc([C@H](NCc2cc(=O)oc3cc(OC)ccc23)c2cccc(F)c2)cc1. The van der Waals surface area contributed by atoms with Crippen molar-refractivity contribution in [2.24, 2.45) is 0 Å². The summed E-state index contributed by atoms with van der Waals surface area (Å²) in [6, 6.07) is 21.5. The van der Waals surface area contributed by atoms with Crippen LogP contribution in [0, 0.1) is 5.82 Å². The standard InChI is InChI=1S/C26H24FNO3/c1-3-17-7-9-18(10-8-17)26(19-5-4-6-21(27)13-19)28-16-20-14-25(29)31-24-15-22(30-2)11-12-23(20)24/h4-15,26,28H,3,16H2,1-2H3/t26-/m0/s1. The number of methoxy groups -OCH3 is 1. The molecule has 0 aliphatic heterocycles. The minimum Gasteiger partial charge on any atom is -0.497 e. The van der Waals surface area contributed by atoms with Gasteiger partial charge in [-0.15, -0.1) is 0 Å². The maximum Gasteiger partial charge on any atom is 0.336 e. The van der Waals surface area contributed by atoms with Gasteiger partial charge in [0, 0.05) is 24.1 Å². The van der Waals surface area contributed by atoms with E-state index in [9.17, 15) is 9.18 Å². The Hall–Kier alpha value is -3.44. The van der Waals surface area contributed by atoms with Crippen molar-refractivity contribution in [2.75, 3.05) is 7.11 Å². The van der Waals surface area contributed by atoms with E-state index in [0.717, 1.165) is 28.5 Å². The lowest BCUT2D eigenvalue weighted by atomic mass is 9.96. The van der Waals surface area contributed by atoms with Gasteiger partial charge in [-0.05, 0) is 52.9 Å². The summed E-state index contributed by atoms with van der Waals surface area (Å²) < 4.78 is 24.5. The second kappa shape index (κ2) is 9.14.